The summed E-state index contributed by atoms with van der Waals surface area (Å²) in [4.78, 5) is 12.6. The molecule has 1 aromatic carbocycles. The fourth-order valence-corrected chi connectivity index (χ4v) is 2.40. The molecule has 0 aliphatic heterocycles. The summed E-state index contributed by atoms with van der Waals surface area (Å²) in [7, 11) is 0. The number of nitriles is 1. The van der Waals surface area contributed by atoms with E-state index in [0.29, 0.717) is 10.7 Å². The van der Waals surface area contributed by atoms with Gasteiger partial charge in [0.05, 0.1) is 5.02 Å². The predicted octanol–water partition coefficient (Wildman–Crippen LogP) is 4.46. The number of hydrogen-bond acceptors (Lipinski definition) is 5. The number of halogens is 1. The Balaban J connectivity index is 2.64. The van der Waals surface area contributed by atoms with Crippen molar-refractivity contribution in [2.75, 3.05) is 0 Å². The van der Waals surface area contributed by atoms with Crippen LogP contribution in [0.5, 0.6) is 5.88 Å². The van der Waals surface area contributed by atoms with E-state index in [1.54, 1.807) is 31.2 Å². The van der Waals surface area contributed by atoms with Crippen LogP contribution < -0.4 is 5.56 Å². The van der Waals surface area contributed by atoms with Crippen LogP contribution in [0.15, 0.2) is 39.3 Å². The smallest absolute Gasteiger partial charge is 0.281 e. The molecular weight excluding hydrogens is 328 g/mol. The van der Waals surface area contributed by atoms with Crippen molar-refractivity contribution in [3.05, 3.63) is 50.8 Å². The van der Waals surface area contributed by atoms with Crippen molar-refractivity contribution >= 4 is 23.0 Å². The first-order valence-corrected chi connectivity index (χ1v) is 7.77. The lowest BCUT2D eigenvalue weighted by Crippen LogP contribution is -2.24. The van der Waals surface area contributed by atoms with Gasteiger partial charge in [-0.15, -0.1) is 10.2 Å². The molecule has 0 unspecified atom stereocenters. The highest BCUT2D eigenvalue weighted by molar-refractivity contribution is 6.32. The summed E-state index contributed by atoms with van der Waals surface area (Å²) >= 11 is 6.02. The Morgan fingerprint density at radius 2 is 2.00 bits per heavy atom. The monoisotopic (exact) mass is 344 g/mol. The van der Waals surface area contributed by atoms with Crippen LogP contribution >= 0.6 is 11.6 Å². The fraction of sp³-hybridized carbons (Fsp3) is 0.294. The largest absolute Gasteiger partial charge is 0.493 e. The third-order valence-corrected chi connectivity index (χ3v) is 3.75. The van der Waals surface area contributed by atoms with E-state index in [9.17, 15) is 15.2 Å². The first-order chi connectivity index (χ1) is 11.4. The molecule has 0 fully saturated rings. The Hall–Kier alpha value is -2.65. The van der Waals surface area contributed by atoms with Crippen LogP contribution in [0.1, 0.15) is 25.0 Å². The fourth-order valence-electron chi connectivity index (χ4n) is 2.23. The molecule has 6 nitrogen and oxygen atoms in total. The topological polar surface area (TPSA) is 90.7 Å². The minimum absolute atomic E-state index is 0.0170. The number of benzene rings is 1. The van der Waals surface area contributed by atoms with Gasteiger partial charge in [-0.2, -0.15) is 5.26 Å². The van der Waals surface area contributed by atoms with E-state index in [2.05, 4.69) is 10.2 Å². The number of aromatic hydroxyl groups is 1. The van der Waals surface area contributed by atoms with E-state index < -0.39 is 5.56 Å². The maximum Gasteiger partial charge on any atom is 0.281 e. The average molecular weight is 345 g/mol. The SMILES string of the molecule is Cc1c(C#N)c(O)n(CC(C)C)c(=O)c1N=Nc1ccccc1Cl. The maximum atomic E-state index is 12.6. The lowest BCUT2D eigenvalue weighted by atomic mass is 10.1. The van der Waals surface area contributed by atoms with E-state index in [4.69, 9.17) is 11.6 Å². The van der Waals surface area contributed by atoms with Gasteiger partial charge in [-0.05, 0) is 25.0 Å². The van der Waals surface area contributed by atoms with Crippen molar-refractivity contribution < 1.29 is 5.11 Å². The Labute approximate surface area is 144 Å². The molecule has 1 N–H and O–H groups in total. The summed E-state index contributed by atoms with van der Waals surface area (Å²) < 4.78 is 1.15. The zero-order chi connectivity index (χ0) is 17.9. The Morgan fingerprint density at radius 3 is 2.58 bits per heavy atom. The first kappa shape index (κ1) is 17.7. The number of nitrogens with zero attached hydrogens (tertiary/aromatic N) is 4. The van der Waals surface area contributed by atoms with Crippen LogP contribution in [0, 0.1) is 24.2 Å². The second-order valence-electron chi connectivity index (χ2n) is 5.75. The lowest BCUT2D eigenvalue weighted by Gasteiger charge is -2.14. The molecule has 0 saturated heterocycles. The summed E-state index contributed by atoms with van der Waals surface area (Å²) in [5.74, 6) is -0.235. The molecule has 24 heavy (non-hydrogen) atoms. The van der Waals surface area contributed by atoms with Crippen LogP contribution in [-0.4, -0.2) is 9.67 Å². The minimum Gasteiger partial charge on any atom is -0.493 e. The molecule has 0 bridgehead atoms. The summed E-state index contributed by atoms with van der Waals surface area (Å²) in [5, 5.41) is 27.9. The van der Waals surface area contributed by atoms with E-state index in [-0.39, 0.29) is 35.2 Å². The molecule has 0 atom stereocenters. The van der Waals surface area contributed by atoms with Gasteiger partial charge in [0.2, 0.25) is 5.88 Å². The molecule has 1 heterocycles. The molecule has 0 spiro atoms. The van der Waals surface area contributed by atoms with Crippen LogP contribution in [0.2, 0.25) is 5.02 Å². The third kappa shape index (κ3) is 3.47. The molecular formula is C17H17ClN4O2. The van der Waals surface area contributed by atoms with Crippen LogP contribution in [0.4, 0.5) is 11.4 Å². The van der Waals surface area contributed by atoms with Crippen molar-refractivity contribution in [2.24, 2.45) is 16.1 Å². The van der Waals surface area contributed by atoms with Gasteiger partial charge < -0.3 is 5.11 Å². The summed E-state index contributed by atoms with van der Waals surface area (Å²) in [6.07, 6.45) is 0. The normalized spacial score (nSPS) is 11.2. The standard InChI is InChI=1S/C17H17ClN4O2/c1-10(2)9-22-16(23)12(8-19)11(3)15(17(22)24)21-20-14-7-5-4-6-13(14)18/h4-7,10,23H,9H2,1-3H3. The lowest BCUT2D eigenvalue weighted by molar-refractivity contribution is 0.381. The van der Waals surface area contributed by atoms with Gasteiger partial charge >= 0.3 is 0 Å². The molecule has 0 saturated carbocycles. The van der Waals surface area contributed by atoms with Crippen molar-refractivity contribution in [1.82, 2.24) is 4.57 Å². The zero-order valence-electron chi connectivity index (χ0n) is 13.6. The first-order valence-electron chi connectivity index (χ1n) is 7.39. The van der Waals surface area contributed by atoms with Gasteiger partial charge in [-0.1, -0.05) is 37.6 Å². The molecule has 0 amide bonds. The van der Waals surface area contributed by atoms with Crippen LogP contribution in [-0.2, 0) is 6.54 Å². The molecule has 2 rings (SSSR count). The second kappa shape index (κ2) is 7.28. The van der Waals surface area contributed by atoms with Crippen molar-refractivity contribution in [3.8, 4) is 11.9 Å². The third-order valence-electron chi connectivity index (χ3n) is 3.43. The second-order valence-corrected chi connectivity index (χ2v) is 6.15. The molecule has 0 radical (unpaired) electrons. The number of azo groups is 1. The quantitative estimate of drug-likeness (QED) is 0.830. The van der Waals surface area contributed by atoms with E-state index >= 15 is 0 Å². The molecule has 0 aliphatic rings. The predicted molar refractivity (Wildman–Crippen MR) is 92.3 cm³/mol. The molecule has 0 aliphatic carbocycles. The van der Waals surface area contributed by atoms with Gasteiger partial charge in [0.1, 0.15) is 17.3 Å². The Morgan fingerprint density at radius 1 is 1.33 bits per heavy atom. The van der Waals surface area contributed by atoms with Crippen LogP contribution in [0.3, 0.4) is 0 Å². The molecule has 2 aromatic rings. The number of aromatic nitrogens is 1. The Bertz CT molecular complexity index is 895. The average Bonchev–Trinajstić information content (AvgIpc) is 2.53. The molecule has 1 aromatic heterocycles. The summed E-state index contributed by atoms with van der Waals surface area (Å²) in [6.45, 7) is 5.64. The van der Waals surface area contributed by atoms with Gasteiger partial charge in [-0.25, -0.2) is 0 Å². The number of pyridine rings is 1. The number of hydrogen-bond donors (Lipinski definition) is 1. The van der Waals surface area contributed by atoms with E-state index in [1.165, 1.54) is 0 Å². The maximum absolute atomic E-state index is 12.6. The molecule has 124 valence electrons. The van der Waals surface area contributed by atoms with Crippen molar-refractivity contribution in [1.29, 1.82) is 5.26 Å². The van der Waals surface area contributed by atoms with Crippen LogP contribution in [0.25, 0.3) is 0 Å². The van der Waals surface area contributed by atoms with Gasteiger partial charge in [0.15, 0.2) is 5.69 Å². The van der Waals surface area contributed by atoms with Gasteiger partial charge in [0.25, 0.3) is 5.56 Å². The minimum atomic E-state index is -0.492. The van der Waals surface area contributed by atoms with Gasteiger partial charge in [-0.3, -0.25) is 9.36 Å². The summed E-state index contributed by atoms with van der Waals surface area (Å²) in [6, 6.07) is 8.76. The highest BCUT2D eigenvalue weighted by Crippen LogP contribution is 2.29. The zero-order valence-corrected chi connectivity index (χ0v) is 14.4. The highest BCUT2D eigenvalue weighted by atomic mass is 35.5. The van der Waals surface area contributed by atoms with E-state index in [0.717, 1.165) is 4.57 Å². The van der Waals surface area contributed by atoms with E-state index in [1.807, 2.05) is 19.9 Å². The van der Waals surface area contributed by atoms with Crippen molar-refractivity contribution in [2.45, 2.75) is 27.3 Å². The summed E-state index contributed by atoms with van der Waals surface area (Å²) in [5.41, 5.74) is 0.248. The van der Waals surface area contributed by atoms with Gasteiger partial charge in [0, 0.05) is 12.1 Å². The number of rotatable bonds is 4. The Kier molecular flexibility index (Phi) is 5.37. The highest BCUT2D eigenvalue weighted by Gasteiger charge is 2.19. The van der Waals surface area contributed by atoms with Crippen molar-refractivity contribution in [3.63, 3.8) is 0 Å². The molecule has 7 heteroatoms.